The van der Waals surface area contributed by atoms with Gasteiger partial charge in [0.2, 0.25) is 0 Å². The summed E-state index contributed by atoms with van der Waals surface area (Å²) in [7, 11) is 0. The summed E-state index contributed by atoms with van der Waals surface area (Å²) in [4.78, 5) is 23.1. The molecule has 28 heavy (non-hydrogen) atoms. The molecule has 1 N–H and O–H groups in total. The summed E-state index contributed by atoms with van der Waals surface area (Å²) >= 11 is 0. The van der Waals surface area contributed by atoms with Gasteiger partial charge in [0.05, 0.1) is 10.5 Å². The maximum absolute atomic E-state index is 12.4. The summed E-state index contributed by atoms with van der Waals surface area (Å²) in [5.74, 6) is -0.0553. The van der Waals surface area contributed by atoms with Gasteiger partial charge in [0.15, 0.2) is 0 Å². The molecule has 0 aliphatic heterocycles. The van der Waals surface area contributed by atoms with E-state index in [0.717, 1.165) is 5.56 Å². The van der Waals surface area contributed by atoms with Gasteiger partial charge in [-0.05, 0) is 36.8 Å². The van der Waals surface area contributed by atoms with Crippen LogP contribution in [-0.4, -0.2) is 10.8 Å². The number of furan rings is 1. The van der Waals surface area contributed by atoms with Crippen molar-refractivity contribution in [2.24, 2.45) is 0 Å². The third-order valence-electron chi connectivity index (χ3n) is 4.04. The normalized spacial score (nSPS) is 10.9. The number of nitrogens with one attached hydrogen (secondary N) is 1. The van der Waals surface area contributed by atoms with Crippen molar-refractivity contribution in [3.05, 3.63) is 87.7 Å². The Labute approximate surface area is 160 Å². The predicted octanol–water partition coefficient (Wildman–Crippen LogP) is 4.71. The molecule has 0 radical (unpaired) electrons. The molecule has 7 nitrogen and oxygen atoms in total. The van der Waals surface area contributed by atoms with Crippen LogP contribution in [0.5, 0.6) is 0 Å². The molecule has 0 fully saturated rings. The zero-order chi connectivity index (χ0) is 20.1. The topological polar surface area (TPSA) is 109 Å². The van der Waals surface area contributed by atoms with Crippen molar-refractivity contribution in [2.75, 3.05) is 5.32 Å². The number of carbonyl (C=O) groups is 1. The number of nitro groups is 1. The highest BCUT2D eigenvalue weighted by molar-refractivity contribution is 6.09. The number of nitriles is 1. The monoisotopic (exact) mass is 373 g/mol. The van der Waals surface area contributed by atoms with E-state index in [1.165, 1.54) is 12.1 Å². The van der Waals surface area contributed by atoms with Crippen LogP contribution in [0.15, 0.2) is 70.7 Å². The van der Waals surface area contributed by atoms with Gasteiger partial charge in [-0.15, -0.1) is 0 Å². The molecule has 7 heteroatoms. The summed E-state index contributed by atoms with van der Waals surface area (Å²) in [5, 5.41) is 23.2. The molecular formula is C21H15N3O4. The van der Waals surface area contributed by atoms with E-state index in [4.69, 9.17) is 4.42 Å². The average molecular weight is 373 g/mol. The summed E-state index contributed by atoms with van der Waals surface area (Å²) in [6, 6.07) is 18.3. The molecule has 0 saturated heterocycles. The standard InChI is InChI=1S/C21H15N3O4/c1-14-6-2-4-8-18(14)23-21(25)15(13-22)12-16-10-11-20(28-16)17-7-3-5-9-19(17)24(26)27/h2-12H,1H3,(H,23,25). The van der Waals surface area contributed by atoms with E-state index in [9.17, 15) is 20.2 Å². The number of aryl methyl sites for hydroxylation is 1. The molecule has 3 rings (SSSR count). The van der Waals surface area contributed by atoms with Gasteiger partial charge < -0.3 is 9.73 Å². The van der Waals surface area contributed by atoms with Crippen molar-refractivity contribution in [1.29, 1.82) is 5.26 Å². The van der Waals surface area contributed by atoms with Crippen LogP contribution < -0.4 is 5.32 Å². The van der Waals surface area contributed by atoms with Crippen LogP contribution in [0.4, 0.5) is 11.4 Å². The molecule has 3 aromatic rings. The zero-order valence-corrected chi connectivity index (χ0v) is 14.9. The first kappa shape index (κ1) is 18.6. The summed E-state index contributed by atoms with van der Waals surface area (Å²) in [5.41, 5.74) is 1.55. The Hall–Kier alpha value is -4.18. The quantitative estimate of drug-likeness (QED) is 0.301. The fourth-order valence-electron chi connectivity index (χ4n) is 2.61. The SMILES string of the molecule is Cc1ccccc1NC(=O)C(C#N)=Cc1ccc(-c2ccccc2[N+](=O)[O-])o1. The van der Waals surface area contributed by atoms with Crippen LogP contribution in [0, 0.1) is 28.4 Å². The van der Waals surface area contributed by atoms with E-state index in [1.807, 2.05) is 25.1 Å². The molecule has 0 atom stereocenters. The predicted molar refractivity (Wildman–Crippen MR) is 104 cm³/mol. The number of hydrogen-bond acceptors (Lipinski definition) is 5. The number of para-hydroxylation sites is 2. The minimum Gasteiger partial charge on any atom is -0.456 e. The zero-order valence-electron chi connectivity index (χ0n) is 14.9. The van der Waals surface area contributed by atoms with E-state index < -0.39 is 10.8 Å². The van der Waals surface area contributed by atoms with Crippen molar-refractivity contribution < 1.29 is 14.1 Å². The number of hydrogen-bond donors (Lipinski definition) is 1. The third kappa shape index (κ3) is 3.97. The lowest BCUT2D eigenvalue weighted by Gasteiger charge is -2.06. The van der Waals surface area contributed by atoms with Gasteiger partial charge in [0.1, 0.15) is 23.2 Å². The van der Waals surface area contributed by atoms with Gasteiger partial charge in [-0.3, -0.25) is 14.9 Å². The fraction of sp³-hybridized carbons (Fsp3) is 0.0476. The highest BCUT2D eigenvalue weighted by Gasteiger charge is 2.17. The van der Waals surface area contributed by atoms with Crippen molar-refractivity contribution in [1.82, 2.24) is 0 Å². The number of rotatable bonds is 5. The number of amides is 1. The second-order valence-electron chi connectivity index (χ2n) is 5.92. The summed E-state index contributed by atoms with van der Waals surface area (Å²) in [6.07, 6.45) is 1.30. The number of benzene rings is 2. The first-order valence-electron chi connectivity index (χ1n) is 8.32. The van der Waals surface area contributed by atoms with Crippen molar-refractivity contribution in [3.8, 4) is 17.4 Å². The van der Waals surface area contributed by atoms with Crippen molar-refractivity contribution in [3.63, 3.8) is 0 Å². The molecular weight excluding hydrogens is 358 g/mol. The molecule has 1 heterocycles. The van der Waals surface area contributed by atoms with E-state index in [2.05, 4.69) is 5.32 Å². The van der Waals surface area contributed by atoms with Gasteiger partial charge in [-0.2, -0.15) is 5.26 Å². The second-order valence-corrected chi connectivity index (χ2v) is 5.92. The molecule has 1 aromatic heterocycles. The maximum Gasteiger partial charge on any atom is 0.280 e. The van der Waals surface area contributed by atoms with Crippen LogP contribution in [0.2, 0.25) is 0 Å². The molecule has 1 amide bonds. The van der Waals surface area contributed by atoms with Crippen LogP contribution in [0.25, 0.3) is 17.4 Å². The first-order valence-corrected chi connectivity index (χ1v) is 8.32. The number of anilines is 1. The average Bonchev–Trinajstić information content (AvgIpc) is 3.16. The Balaban J connectivity index is 1.87. The van der Waals surface area contributed by atoms with Gasteiger partial charge in [-0.25, -0.2) is 0 Å². The van der Waals surface area contributed by atoms with Crippen molar-refractivity contribution in [2.45, 2.75) is 6.92 Å². The van der Waals surface area contributed by atoms with Crippen LogP contribution in [0.3, 0.4) is 0 Å². The lowest BCUT2D eigenvalue weighted by molar-refractivity contribution is -0.384. The van der Waals surface area contributed by atoms with E-state index in [-0.39, 0.29) is 22.8 Å². The molecule has 0 aliphatic rings. The largest absolute Gasteiger partial charge is 0.456 e. The van der Waals surface area contributed by atoms with E-state index >= 15 is 0 Å². The molecule has 2 aromatic carbocycles. The first-order chi connectivity index (χ1) is 13.5. The molecule has 0 saturated carbocycles. The Bertz CT molecular complexity index is 1120. The smallest absolute Gasteiger partial charge is 0.280 e. The van der Waals surface area contributed by atoms with Gasteiger partial charge in [-0.1, -0.05) is 30.3 Å². The van der Waals surface area contributed by atoms with Crippen LogP contribution in [-0.2, 0) is 4.79 Å². The molecule has 0 spiro atoms. The minimum atomic E-state index is -0.569. The lowest BCUT2D eigenvalue weighted by Crippen LogP contribution is -2.14. The minimum absolute atomic E-state index is 0.0924. The Morgan fingerprint density at radius 3 is 2.57 bits per heavy atom. The molecule has 0 unspecified atom stereocenters. The molecule has 0 aliphatic carbocycles. The van der Waals surface area contributed by atoms with E-state index in [0.29, 0.717) is 11.3 Å². The Morgan fingerprint density at radius 2 is 1.86 bits per heavy atom. The van der Waals surface area contributed by atoms with Crippen LogP contribution >= 0.6 is 0 Å². The highest BCUT2D eigenvalue weighted by Crippen LogP contribution is 2.31. The Kier molecular flexibility index (Phi) is 5.33. The van der Waals surface area contributed by atoms with Gasteiger partial charge >= 0.3 is 0 Å². The second kappa shape index (κ2) is 8.01. The van der Waals surface area contributed by atoms with Crippen LogP contribution in [0.1, 0.15) is 11.3 Å². The fourth-order valence-corrected chi connectivity index (χ4v) is 2.61. The number of nitro benzene ring substituents is 1. The number of carbonyl (C=O) groups excluding carboxylic acids is 1. The van der Waals surface area contributed by atoms with Gasteiger partial charge in [0.25, 0.3) is 11.6 Å². The third-order valence-corrected chi connectivity index (χ3v) is 4.04. The summed E-state index contributed by atoms with van der Waals surface area (Å²) < 4.78 is 5.61. The van der Waals surface area contributed by atoms with Gasteiger partial charge in [0, 0.05) is 17.8 Å². The number of nitrogens with zero attached hydrogens (tertiary/aromatic N) is 2. The molecule has 138 valence electrons. The Morgan fingerprint density at radius 1 is 1.14 bits per heavy atom. The summed E-state index contributed by atoms with van der Waals surface area (Å²) in [6.45, 7) is 1.84. The molecule has 0 bridgehead atoms. The lowest BCUT2D eigenvalue weighted by atomic mass is 10.1. The maximum atomic E-state index is 12.4. The van der Waals surface area contributed by atoms with Crippen molar-refractivity contribution >= 4 is 23.4 Å². The van der Waals surface area contributed by atoms with E-state index in [1.54, 1.807) is 42.5 Å². The highest BCUT2D eigenvalue weighted by atomic mass is 16.6.